The minimum Gasteiger partial charge on any atom is -0.489 e. The Balaban J connectivity index is 2.13. The van der Waals surface area contributed by atoms with E-state index in [9.17, 15) is 4.39 Å². The van der Waals surface area contributed by atoms with Gasteiger partial charge < -0.3 is 10.5 Å². The first-order chi connectivity index (χ1) is 9.47. The van der Waals surface area contributed by atoms with Gasteiger partial charge in [-0.2, -0.15) is 0 Å². The van der Waals surface area contributed by atoms with Gasteiger partial charge in [0.2, 0.25) is 0 Å². The molecule has 2 rings (SSSR count). The molecule has 0 aromatic heterocycles. The normalized spacial score (nSPS) is 12.2. The summed E-state index contributed by atoms with van der Waals surface area (Å²) in [6.45, 7) is 4.09. The van der Waals surface area contributed by atoms with E-state index in [0.29, 0.717) is 5.56 Å². The van der Waals surface area contributed by atoms with Gasteiger partial charge in [-0.25, -0.2) is 4.39 Å². The number of benzene rings is 2. The summed E-state index contributed by atoms with van der Waals surface area (Å²) in [6, 6.07) is 10.6. The lowest BCUT2D eigenvalue weighted by molar-refractivity contribution is 0.297. The number of halogens is 2. The van der Waals surface area contributed by atoms with Crippen LogP contribution in [-0.4, -0.2) is 0 Å². The molecule has 20 heavy (non-hydrogen) atoms. The van der Waals surface area contributed by atoms with Crippen LogP contribution >= 0.6 is 15.9 Å². The van der Waals surface area contributed by atoms with E-state index < -0.39 is 0 Å². The van der Waals surface area contributed by atoms with Gasteiger partial charge in [-0.3, -0.25) is 0 Å². The molecule has 0 aliphatic heterocycles. The lowest BCUT2D eigenvalue weighted by atomic mass is 10.1. The van der Waals surface area contributed by atoms with Crippen LogP contribution in [0.3, 0.4) is 0 Å². The first-order valence-corrected chi connectivity index (χ1v) is 7.19. The van der Waals surface area contributed by atoms with Crippen LogP contribution in [0, 0.1) is 12.7 Å². The highest BCUT2D eigenvalue weighted by Gasteiger charge is 2.07. The summed E-state index contributed by atoms with van der Waals surface area (Å²) in [5, 5.41) is 0. The van der Waals surface area contributed by atoms with Crippen molar-refractivity contribution in [3.05, 3.63) is 63.4 Å². The van der Waals surface area contributed by atoms with Gasteiger partial charge in [0.05, 0.1) is 0 Å². The van der Waals surface area contributed by atoms with Crippen LogP contribution in [-0.2, 0) is 6.61 Å². The van der Waals surface area contributed by atoms with Crippen LogP contribution < -0.4 is 10.5 Å². The van der Waals surface area contributed by atoms with Crippen molar-refractivity contribution < 1.29 is 9.13 Å². The third-order valence-corrected chi connectivity index (χ3v) is 3.61. The lowest BCUT2D eigenvalue weighted by Crippen LogP contribution is -2.06. The van der Waals surface area contributed by atoms with E-state index in [4.69, 9.17) is 10.5 Å². The molecule has 0 bridgehead atoms. The van der Waals surface area contributed by atoms with Crippen LogP contribution in [0.1, 0.15) is 29.7 Å². The average molecular weight is 338 g/mol. The third-order valence-electron chi connectivity index (χ3n) is 3.12. The van der Waals surface area contributed by atoms with Crippen molar-refractivity contribution in [1.29, 1.82) is 0 Å². The van der Waals surface area contributed by atoms with Gasteiger partial charge in [0.15, 0.2) is 0 Å². The van der Waals surface area contributed by atoms with Crippen molar-refractivity contribution in [2.45, 2.75) is 26.5 Å². The Hall–Kier alpha value is -1.39. The van der Waals surface area contributed by atoms with Crippen molar-refractivity contribution in [2.24, 2.45) is 5.73 Å². The second kappa shape index (κ2) is 6.37. The Morgan fingerprint density at radius 1 is 1.25 bits per heavy atom. The average Bonchev–Trinajstić information content (AvgIpc) is 2.40. The second-order valence-corrected chi connectivity index (χ2v) is 5.75. The van der Waals surface area contributed by atoms with E-state index in [1.165, 1.54) is 6.07 Å². The molecule has 0 saturated heterocycles. The second-order valence-electron chi connectivity index (χ2n) is 4.84. The number of nitrogens with two attached hydrogens (primary N) is 1. The zero-order valence-corrected chi connectivity index (χ0v) is 13.1. The minimum absolute atomic E-state index is 0.00901. The lowest BCUT2D eigenvalue weighted by Gasteiger charge is -2.13. The third kappa shape index (κ3) is 3.58. The summed E-state index contributed by atoms with van der Waals surface area (Å²) in [7, 11) is 0. The van der Waals surface area contributed by atoms with Gasteiger partial charge in [0.25, 0.3) is 0 Å². The Bertz CT molecular complexity index is 613. The summed E-state index contributed by atoms with van der Waals surface area (Å²) in [6.07, 6.45) is 0. The largest absolute Gasteiger partial charge is 0.489 e. The van der Waals surface area contributed by atoms with Gasteiger partial charge in [0.1, 0.15) is 18.2 Å². The predicted molar refractivity (Wildman–Crippen MR) is 82.2 cm³/mol. The maximum atomic E-state index is 13.6. The topological polar surface area (TPSA) is 35.2 Å². The molecule has 0 spiro atoms. The minimum atomic E-state index is -0.266. The van der Waals surface area contributed by atoms with Gasteiger partial charge in [-0.15, -0.1) is 0 Å². The Kier molecular flexibility index (Phi) is 4.78. The van der Waals surface area contributed by atoms with Crippen molar-refractivity contribution >= 4 is 15.9 Å². The predicted octanol–water partition coefficient (Wildman–Crippen LogP) is 4.50. The first-order valence-electron chi connectivity index (χ1n) is 6.40. The van der Waals surface area contributed by atoms with Crippen molar-refractivity contribution in [2.75, 3.05) is 0 Å². The molecule has 2 N–H and O–H groups in total. The molecule has 4 heteroatoms. The summed E-state index contributed by atoms with van der Waals surface area (Å²) in [4.78, 5) is 0. The summed E-state index contributed by atoms with van der Waals surface area (Å²) < 4.78 is 20.2. The molecule has 0 saturated carbocycles. The molecule has 0 amide bonds. The Labute approximate surface area is 126 Å². The van der Waals surface area contributed by atoms with Gasteiger partial charge in [0, 0.05) is 16.1 Å². The van der Waals surface area contributed by atoms with E-state index in [1.807, 2.05) is 32.0 Å². The van der Waals surface area contributed by atoms with Gasteiger partial charge in [-0.1, -0.05) is 28.1 Å². The fourth-order valence-electron chi connectivity index (χ4n) is 1.93. The SMILES string of the molecule is Cc1cc([C@@H](C)N)ccc1OCc1cc(Br)ccc1F. The Morgan fingerprint density at radius 3 is 2.65 bits per heavy atom. The number of ether oxygens (including phenoxy) is 1. The maximum absolute atomic E-state index is 13.6. The van der Waals surface area contributed by atoms with Gasteiger partial charge in [-0.05, 0) is 49.2 Å². The molecule has 2 aromatic carbocycles. The molecular formula is C16H17BrFNO. The van der Waals surface area contributed by atoms with E-state index >= 15 is 0 Å². The molecular weight excluding hydrogens is 321 g/mol. The van der Waals surface area contributed by atoms with Crippen molar-refractivity contribution in [3.63, 3.8) is 0 Å². The van der Waals surface area contributed by atoms with E-state index in [0.717, 1.165) is 21.3 Å². The highest BCUT2D eigenvalue weighted by molar-refractivity contribution is 9.10. The van der Waals surface area contributed by atoms with E-state index in [1.54, 1.807) is 12.1 Å². The Morgan fingerprint density at radius 2 is 2.00 bits per heavy atom. The molecule has 0 fully saturated rings. The first kappa shape index (κ1) is 15.0. The number of rotatable bonds is 4. The van der Waals surface area contributed by atoms with E-state index in [-0.39, 0.29) is 18.5 Å². The molecule has 0 aliphatic carbocycles. The monoisotopic (exact) mass is 337 g/mol. The maximum Gasteiger partial charge on any atom is 0.129 e. The highest BCUT2D eigenvalue weighted by Crippen LogP contribution is 2.24. The molecule has 0 radical (unpaired) electrons. The zero-order chi connectivity index (χ0) is 14.7. The van der Waals surface area contributed by atoms with Crippen LogP contribution in [0.15, 0.2) is 40.9 Å². The standard InChI is InChI=1S/C16H17BrFNO/c1-10-7-12(11(2)19)3-6-16(10)20-9-13-8-14(17)4-5-15(13)18/h3-8,11H,9,19H2,1-2H3/t11-/m1/s1. The molecule has 106 valence electrons. The molecule has 2 nitrogen and oxygen atoms in total. The summed E-state index contributed by atoms with van der Waals surface area (Å²) >= 11 is 3.33. The molecule has 0 unspecified atom stereocenters. The summed E-state index contributed by atoms with van der Waals surface area (Å²) in [5.41, 5.74) is 8.42. The number of aryl methyl sites for hydroxylation is 1. The molecule has 2 aromatic rings. The smallest absolute Gasteiger partial charge is 0.129 e. The van der Waals surface area contributed by atoms with Crippen LogP contribution in [0.25, 0.3) is 0 Å². The molecule has 0 aliphatic rings. The number of hydrogen-bond donors (Lipinski definition) is 1. The van der Waals surface area contributed by atoms with E-state index in [2.05, 4.69) is 15.9 Å². The van der Waals surface area contributed by atoms with Crippen LogP contribution in [0.2, 0.25) is 0 Å². The summed E-state index contributed by atoms with van der Waals surface area (Å²) in [5.74, 6) is 0.479. The highest BCUT2D eigenvalue weighted by atomic mass is 79.9. The van der Waals surface area contributed by atoms with Crippen LogP contribution in [0.4, 0.5) is 4.39 Å². The molecule has 1 atom stereocenters. The number of hydrogen-bond acceptors (Lipinski definition) is 2. The van der Waals surface area contributed by atoms with Crippen molar-refractivity contribution in [1.82, 2.24) is 0 Å². The quantitative estimate of drug-likeness (QED) is 0.891. The zero-order valence-electron chi connectivity index (χ0n) is 11.5. The molecule has 0 heterocycles. The van der Waals surface area contributed by atoms with Crippen LogP contribution in [0.5, 0.6) is 5.75 Å². The van der Waals surface area contributed by atoms with Gasteiger partial charge >= 0.3 is 0 Å². The van der Waals surface area contributed by atoms with Crippen molar-refractivity contribution in [3.8, 4) is 5.75 Å². The fourth-order valence-corrected chi connectivity index (χ4v) is 2.34. The fraction of sp³-hybridized carbons (Fsp3) is 0.250.